The van der Waals surface area contributed by atoms with Gasteiger partial charge in [0.05, 0.1) is 0 Å². The van der Waals surface area contributed by atoms with Crippen molar-refractivity contribution in [3.8, 4) is 0 Å². The van der Waals surface area contributed by atoms with Crippen molar-refractivity contribution in [2.45, 2.75) is 25.8 Å². The van der Waals surface area contributed by atoms with Crippen LogP contribution in [0.2, 0.25) is 0 Å². The fourth-order valence-electron chi connectivity index (χ4n) is 2.28. The first-order chi connectivity index (χ1) is 9.26. The molecule has 3 rings (SSSR count). The van der Waals surface area contributed by atoms with Gasteiger partial charge in [-0.25, -0.2) is 4.52 Å². The van der Waals surface area contributed by atoms with Crippen LogP contribution in [0.4, 0.5) is 5.95 Å². The van der Waals surface area contributed by atoms with E-state index in [0.29, 0.717) is 5.95 Å². The molecule has 0 saturated heterocycles. The summed E-state index contributed by atoms with van der Waals surface area (Å²) in [6.45, 7) is 5.29. The Morgan fingerprint density at radius 1 is 1.47 bits per heavy atom. The van der Waals surface area contributed by atoms with Gasteiger partial charge in [0.2, 0.25) is 5.95 Å². The summed E-state index contributed by atoms with van der Waals surface area (Å²) >= 11 is 3.43. The Kier molecular flexibility index (Phi) is 3.70. The number of nitrogens with zero attached hydrogens (tertiary/aromatic N) is 4. The van der Waals surface area contributed by atoms with Crippen LogP contribution in [-0.4, -0.2) is 45.2 Å². The number of halogens is 1. The van der Waals surface area contributed by atoms with Crippen molar-refractivity contribution < 1.29 is 0 Å². The Bertz CT molecular complexity index is 563. The van der Waals surface area contributed by atoms with Crippen molar-refractivity contribution in [1.82, 2.24) is 19.5 Å². The van der Waals surface area contributed by atoms with Crippen molar-refractivity contribution in [2.75, 3.05) is 25.0 Å². The lowest BCUT2D eigenvalue weighted by Gasteiger charge is -2.19. The fraction of sp³-hybridized carbons (Fsp3) is 0.538. The van der Waals surface area contributed by atoms with Crippen molar-refractivity contribution >= 4 is 27.5 Å². The molecule has 6 heteroatoms. The molecule has 0 spiro atoms. The second-order valence-corrected chi connectivity index (χ2v) is 5.79. The first-order valence-electron chi connectivity index (χ1n) is 6.76. The highest BCUT2D eigenvalue weighted by Gasteiger charge is 2.27. The largest absolute Gasteiger partial charge is 0.352 e. The molecular weight excluding hydrogens is 306 g/mol. The van der Waals surface area contributed by atoms with Gasteiger partial charge in [-0.1, -0.05) is 6.92 Å². The molecule has 102 valence electrons. The van der Waals surface area contributed by atoms with E-state index < -0.39 is 0 Å². The van der Waals surface area contributed by atoms with Crippen LogP contribution in [0.25, 0.3) is 5.65 Å². The first kappa shape index (κ1) is 12.9. The van der Waals surface area contributed by atoms with Crippen LogP contribution in [0.1, 0.15) is 19.8 Å². The minimum absolute atomic E-state index is 0.699. The molecule has 1 aliphatic rings. The topological polar surface area (TPSA) is 45.5 Å². The Labute approximate surface area is 121 Å². The van der Waals surface area contributed by atoms with E-state index in [1.807, 2.05) is 18.3 Å². The molecule has 5 nitrogen and oxygen atoms in total. The highest BCUT2D eigenvalue weighted by Crippen LogP contribution is 2.25. The van der Waals surface area contributed by atoms with E-state index in [4.69, 9.17) is 0 Å². The molecule has 1 N–H and O–H groups in total. The minimum Gasteiger partial charge on any atom is -0.352 e. The summed E-state index contributed by atoms with van der Waals surface area (Å²) in [7, 11) is 0. The summed E-state index contributed by atoms with van der Waals surface area (Å²) in [5, 5.41) is 7.70. The fourth-order valence-corrected chi connectivity index (χ4v) is 2.61. The van der Waals surface area contributed by atoms with Gasteiger partial charge in [0.1, 0.15) is 0 Å². The molecule has 0 bridgehead atoms. The highest BCUT2D eigenvalue weighted by atomic mass is 79.9. The van der Waals surface area contributed by atoms with E-state index >= 15 is 0 Å². The first-order valence-corrected chi connectivity index (χ1v) is 7.55. The number of hydrogen-bond acceptors (Lipinski definition) is 4. The number of nitrogens with one attached hydrogen (secondary N) is 1. The quantitative estimate of drug-likeness (QED) is 0.886. The van der Waals surface area contributed by atoms with E-state index in [9.17, 15) is 0 Å². The normalized spacial score (nSPS) is 15.3. The number of hydrogen-bond donors (Lipinski definition) is 1. The van der Waals surface area contributed by atoms with Gasteiger partial charge in [0.15, 0.2) is 5.65 Å². The lowest BCUT2D eigenvalue weighted by atomic mass is 10.4. The zero-order valence-corrected chi connectivity index (χ0v) is 12.6. The van der Waals surface area contributed by atoms with E-state index in [0.717, 1.165) is 35.8 Å². The summed E-state index contributed by atoms with van der Waals surface area (Å²) < 4.78 is 2.78. The Balaban J connectivity index is 1.58. The minimum atomic E-state index is 0.699. The predicted molar refractivity (Wildman–Crippen MR) is 79.4 cm³/mol. The van der Waals surface area contributed by atoms with Crippen LogP contribution in [0, 0.1) is 0 Å². The van der Waals surface area contributed by atoms with Gasteiger partial charge >= 0.3 is 0 Å². The predicted octanol–water partition coefficient (Wildman–Crippen LogP) is 2.39. The molecular formula is C13H18BrN5. The van der Waals surface area contributed by atoms with Gasteiger partial charge in [-0.2, -0.15) is 4.98 Å². The Morgan fingerprint density at radius 3 is 3.05 bits per heavy atom. The van der Waals surface area contributed by atoms with E-state index in [1.165, 1.54) is 12.8 Å². The van der Waals surface area contributed by atoms with Gasteiger partial charge in [0, 0.05) is 29.8 Å². The van der Waals surface area contributed by atoms with Crippen molar-refractivity contribution in [2.24, 2.45) is 0 Å². The van der Waals surface area contributed by atoms with Gasteiger partial charge in [0.25, 0.3) is 0 Å². The molecule has 2 aromatic rings. The molecule has 0 amide bonds. The molecule has 0 aromatic carbocycles. The molecule has 19 heavy (non-hydrogen) atoms. The lowest BCUT2D eigenvalue weighted by molar-refractivity contribution is 0.289. The van der Waals surface area contributed by atoms with E-state index in [1.54, 1.807) is 4.52 Å². The van der Waals surface area contributed by atoms with Crippen LogP contribution in [0.15, 0.2) is 22.8 Å². The smallest absolute Gasteiger partial charge is 0.243 e. The molecule has 0 radical (unpaired) electrons. The van der Waals surface area contributed by atoms with Crippen LogP contribution in [0.3, 0.4) is 0 Å². The Hall–Kier alpha value is -1.14. The average molecular weight is 324 g/mol. The van der Waals surface area contributed by atoms with Crippen molar-refractivity contribution in [1.29, 1.82) is 0 Å². The average Bonchev–Trinajstić information content (AvgIpc) is 3.15. The van der Waals surface area contributed by atoms with Crippen LogP contribution in [0.5, 0.6) is 0 Å². The zero-order chi connectivity index (χ0) is 13.2. The van der Waals surface area contributed by atoms with Crippen molar-refractivity contribution in [3.63, 3.8) is 0 Å². The van der Waals surface area contributed by atoms with Gasteiger partial charge in [-0.05, 0) is 47.4 Å². The number of pyridine rings is 1. The van der Waals surface area contributed by atoms with Gasteiger partial charge < -0.3 is 5.32 Å². The van der Waals surface area contributed by atoms with Crippen molar-refractivity contribution in [3.05, 3.63) is 22.8 Å². The Morgan fingerprint density at radius 2 is 2.32 bits per heavy atom. The summed E-state index contributed by atoms with van der Waals surface area (Å²) in [6.07, 6.45) is 4.62. The maximum atomic E-state index is 4.44. The molecule has 1 aliphatic carbocycles. The van der Waals surface area contributed by atoms with E-state index in [-0.39, 0.29) is 0 Å². The third kappa shape index (κ3) is 3.06. The second kappa shape index (κ2) is 5.46. The summed E-state index contributed by atoms with van der Waals surface area (Å²) in [4.78, 5) is 6.95. The SMILES string of the molecule is CCN(CCNc1nc2ccc(Br)cn2n1)C1CC1. The standard InChI is InChI=1S/C13H18BrN5/c1-2-18(11-4-5-11)8-7-15-13-16-12-6-3-10(14)9-19(12)17-13/h3,6,9,11H,2,4-5,7-8H2,1H3,(H,15,17). The highest BCUT2D eigenvalue weighted by molar-refractivity contribution is 9.10. The molecule has 0 aliphatic heterocycles. The maximum absolute atomic E-state index is 4.44. The van der Waals surface area contributed by atoms with Crippen LogP contribution in [-0.2, 0) is 0 Å². The summed E-state index contributed by atoms with van der Waals surface area (Å²) in [5.41, 5.74) is 0.861. The third-order valence-corrected chi connectivity index (χ3v) is 3.92. The maximum Gasteiger partial charge on any atom is 0.243 e. The van der Waals surface area contributed by atoms with Crippen LogP contribution >= 0.6 is 15.9 Å². The lowest BCUT2D eigenvalue weighted by Crippen LogP contribution is -2.31. The van der Waals surface area contributed by atoms with Gasteiger partial charge in [-0.15, -0.1) is 5.10 Å². The molecule has 1 fully saturated rings. The number of anilines is 1. The molecule has 0 atom stereocenters. The number of aromatic nitrogens is 3. The van der Waals surface area contributed by atoms with E-state index in [2.05, 4.69) is 43.2 Å². The monoisotopic (exact) mass is 323 g/mol. The molecule has 2 heterocycles. The second-order valence-electron chi connectivity index (χ2n) is 4.87. The summed E-state index contributed by atoms with van der Waals surface area (Å²) in [6, 6.07) is 4.74. The number of likely N-dealkylation sites (N-methyl/N-ethyl adjacent to an activating group) is 1. The van der Waals surface area contributed by atoms with Crippen LogP contribution < -0.4 is 5.32 Å². The number of fused-ring (bicyclic) bond motifs is 1. The number of rotatable bonds is 6. The van der Waals surface area contributed by atoms with Gasteiger partial charge in [-0.3, -0.25) is 4.90 Å². The molecule has 0 unspecified atom stereocenters. The third-order valence-electron chi connectivity index (χ3n) is 3.45. The molecule has 1 saturated carbocycles. The zero-order valence-electron chi connectivity index (χ0n) is 11.0. The summed E-state index contributed by atoms with van der Waals surface area (Å²) in [5.74, 6) is 0.699. The molecule has 2 aromatic heterocycles.